The topological polar surface area (TPSA) is 175 Å². The number of fused-ring (bicyclic) bond motifs is 3. The second-order valence-corrected chi connectivity index (χ2v) is 10.2. The maximum atomic E-state index is 13.8. The molecular formula is C27H26N2O8. The Bertz CT molecular complexity index is 1370. The molecule has 1 amide bonds. The maximum absolute atomic E-state index is 13.8. The summed E-state index contributed by atoms with van der Waals surface area (Å²) >= 11 is 0. The van der Waals surface area contributed by atoms with Crippen molar-refractivity contribution in [1.29, 1.82) is 0 Å². The lowest BCUT2D eigenvalue weighted by atomic mass is 9.51. The van der Waals surface area contributed by atoms with E-state index in [9.17, 15) is 39.3 Å². The zero-order valence-corrected chi connectivity index (χ0v) is 20.1. The molecule has 10 nitrogen and oxygen atoms in total. The van der Waals surface area contributed by atoms with Crippen molar-refractivity contribution in [2.45, 2.75) is 24.2 Å². The van der Waals surface area contributed by atoms with Gasteiger partial charge in [0.25, 0.3) is 0 Å². The number of aliphatic hydroxyl groups is 2. The number of primary amides is 1. The zero-order valence-electron chi connectivity index (χ0n) is 20.1. The number of phenolic OH excluding ortho intramolecular Hbond substituents is 1. The summed E-state index contributed by atoms with van der Waals surface area (Å²) in [6.07, 6.45) is -1.68. The fourth-order valence-electron chi connectivity index (χ4n) is 6.52. The van der Waals surface area contributed by atoms with Gasteiger partial charge in [0.2, 0.25) is 5.91 Å². The Labute approximate surface area is 211 Å². The standard InChI is InChI=1S/C27H26N2O8/c1-29(2)20-14-10-13-17(24(34)27(14,37)25(35)19(23(20)33)26(28)36)22(32)18-15(30)9-8-12(16(18)21(13)31)11-6-4-3-5-7-11/h3-9,13-14,17,19-21,30-31,37H,10H2,1-2H3,(H2,28,36)/t13-,14-,17?,19?,20-,21-,27-/m0/s1. The summed E-state index contributed by atoms with van der Waals surface area (Å²) in [4.78, 5) is 67.5. The number of hydrogen-bond donors (Lipinski definition) is 4. The number of carbonyl (C=O) groups excluding carboxylic acids is 5. The van der Waals surface area contributed by atoms with Gasteiger partial charge in [-0.2, -0.15) is 0 Å². The average Bonchev–Trinajstić information content (AvgIpc) is 2.84. The van der Waals surface area contributed by atoms with E-state index in [1.54, 1.807) is 36.4 Å². The lowest BCUT2D eigenvalue weighted by Crippen LogP contribution is -2.74. The summed E-state index contributed by atoms with van der Waals surface area (Å²) in [6, 6.07) is 10.5. The molecule has 2 aromatic carbocycles. The molecule has 2 aromatic rings. The smallest absolute Gasteiger partial charge is 0.235 e. The minimum Gasteiger partial charge on any atom is -0.507 e. The molecule has 2 saturated carbocycles. The lowest BCUT2D eigenvalue weighted by Gasteiger charge is -2.53. The van der Waals surface area contributed by atoms with Crippen molar-refractivity contribution in [2.75, 3.05) is 14.1 Å². The Hall–Kier alpha value is -3.73. The van der Waals surface area contributed by atoms with Crippen molar-refractivity contribution in [1.82, 2.24) is 4.90 Å². The van der Waals surface area contributed by atoms with Crippen molar-refractivity contribution < 1.29 is 39.3 Å². The molecule has 10 heteroatoms. The maximum Gasteiger partial charge on any atom is 0.235 e. The molecule has 0 heterocycles. The van der Waals surface area contributed by atoms with E-state index in [2.05, 4.69) is 0 Å². The Morgan fingerprint density at radius 3 is 2.27 bits per heavy atom. The Morgan fingerprint density at radius 2 is 1.68 bits per heavy atom. The highest BCUT2D eigenvalue weighted by Crippen LogP contribution is 2.55. The van der Waals surface area contributed by atoms with E-state index in [0.717, 1.165) is 0 Å². The van der Waals surface area contributed by atoms with E-state index < -0.39 is 76.2 Å². The second kappa shape index (κ2) is 8.41. The van der Waals surface area contributed by atoms with Gasteiger partial charge in [-0.1, -0.05) is 36.4 Å². The molecule has 0 spiro atoms. The second-order valence-electron chi connectivity index (χ2n) is 10.2. The molecule has 0 bridgehead atoms. The molecule has 2 fully saturated rings. The molecule has 7 atom stereocenters. The first-order valence-corrected chi connectivity index (χ1v) is 11.9. The summed E-state index contributed by atoms with van der Waals surface area (Å²) in [5.74, 6) is -12.1. The number of nitrogens with zero attached hydrogens (tertiary/aromatic N) is 1. The van der Waals surface area contributed by atoms with Gasteiger partial charge in [0.05, 0.1) is 23.6 Å². The third-order valence-corrected chi connectivity index (χ3v) is 8.12. The molecule has 5 rings (SSSR count). The van der Waals surface area contributed by atoms with Crippen LogP contribution in [0.25, 0.3) is 11.1 Å². The number of nitrogens with two attached hydrogens (primary N) is 1. The molecule has 2 unspecified atom stereocenters. The van der Waals surface area contributed by atoms with Crippen molar-refractivity contribution in [3.8, 4) is 16.9 Å². The summed E-state index contributed by atoms with van der Waals surface area (Å²) in [5.41, 5.74) is 3.49. The molecule has 0 aromatic heterocycles. The fraction of sp³-hybridized carbons (Fsp3) is 0.370. The third-order valence-electron chi connectivity index (χ3n) is 8.12. The van der Waals surface area contributed by atoms with Crippen LogP contribution in [0.2, 0.25) is 0 Å². The number of hydrogen-bond acceptors (Lipinski definition) is 9. The number of benzene rings is 2. The van der Waals surface area contributed by atoms with E-state index >= 15 is 0 Å². The van der Waals surface area contributed by atoms with Crippen LogP contribution in [0.4, 0.5) is 0 Å². The predicted octanol–water partition coefficient (Wildman–Crippen LogP) is 0.0249. The first-order valence-electron chi connectivity index (χ1n) is 11.9. The minimum atomic E-state index is -2.84. The van der Waals surface area contributed by atoms with Crippen LogP contribution in [0.3, 0.4) is 0 Å². The van der Waals surface area contributed by atoms with Gasteiger partial charge in [0, 0.05) is 17.4 Å². The Morgan fingerprint density at radius 1 is 1.03 bits per heavy atom. The first kappa shape index (κ1) is 24.9. The van der Waals surface area contributed by atoms with Gasteiger partial charge in [0.15, 0.2) is 34.7 Å². The summed E-state index contributed by atoms with van der Waals surface area (Å²) < 4.78 is 0. The molecule has 0 aliphatic heterocycles. The van der Waals surface area contributed by atoms with E-state index in [1.165, 1.54) is 25.1 Å². The van der Waals surface area contributed by atoms with Crippen LogP contribution >= 0.6 is 0 Å². The number of aliphatic hydroxyl groups excluding tert-OH is 1. The summed E-state index contributed by atoms with van der Waals surface area (Å²) in [5, 5.41) is 33.8. The summed E-state index contributed by atoms with van der Waals surface area (Å²) in [7, 11) is 2.99. The first-order chi connectivity index (χ1) is 17.4. The van der Waals surface area contributed by atoms with Gasteiger partial charge >= 0.3 is 0 Å². The van der Waals surface area contributed by atoms with E-state index in [4.69, 9.17) is 5.73 Å². The number of amides is 1. The van der Waals surface area contributed by atoms with Crippen molar-refractivity contribution >= 4 is 29.0 Å². The average molecular weight is 507 g/mol. The molecule has 192 valence electrons. The van der Waals surface area contributed by atoms with Crippen molar-refractivity contribution in [2.24, 2.45) is 29.4 Å². The monoisotopic (exact) mass is 506 g/mol. The molecule has 5 N–H and O–H groups in total. The van der Waals surface area contributed by atoms with Gasteiger partial charge < -0.3 is 21.1 Å². The Balaban J connectivity index is 1.71. The molecule has 3 aliphatic rings. The van der Waals surface area contributed by atoms with Crippen LogP contribution in [0.5, 0.6) is 5.75 Å². The molecular weight excluding hydrogens is 480 g/mol. The number of phenols is 1. The predicted molar refractivity (Wildman–Crippen MR) is 128 cm³/mol. The number of rotatable bonds is 3. The minimum absolute atomic E-state index is 0.139. The lowest BCUT2D eigenvalue weighted by molar-refractivity contribution is -0.184. The largest absolute Gasteiger partial charge is 0.507 e. The number of carbonyl (C=O) groups is 5. The van der Waals surface area contributed by atoms with Crippen LogP contribution in [-0.4, -0.2) is 75.0 Å². The molecule has 0 radical (unpaired) electrons. The number of ketones is 4. The fourth-order valence-corrected chi connectivity index (χ4v) is 6.52. The van der Waals surface area contributed by atoms with Gasteiger partial charge in [-0.05, 0) is 37.7 Å². The van der Waals surface area contributed by atoms with Crippen LogP contribution in [0, 0.1) is 23.7 Å². The van der Waals surface area contributed by atoms with Crippen LogP contribution in [0.1, 0.15) is 28.4 Å². The van der Waals surface area contributed by atoms with E-state index in [0.29, 0.717) is 11.1 Å². The zero-order chi connectivity index (χ0) is 27.0. The molecule has 0 saturated heterocycles. The van der Waals surface area contributed by atoms with E-state index in [-0.39, 0.29) is 17.5 Å². The van der Waals surface area contributed by atoms with Crippen molar-refractivity contribution in [3.05, 3.63) is 53.6 Å². The normalized spacial score (nSPS) is 33.1. The quantitative estimate of drug-likeness (QED) is 0.418. The van der Waals surface area contributed by atoms with Crippen LogP contribution in [-0.2, 0) is 19.2 Å². The number of Topliss-reactive ketones (excluding diaryl/α,β-unsaturated/α-hetero) is 4. The van der Waals surface area contributed by atoms with Crippen LogP contribution in [0.15, 0.2) is 42.5 Å². The summed E-state index contributed by atoms with van der Waals surface area (Å²) in [6.45, 7) is 0. The van der Waals surface area contributed by atoms with Gasteiger partial charge in [-0.15, -0.1) is 0 Å². The van der Waals surface area contributed by atoms with E-state index in [1.807, 2.05) is 0 Å². The SMILES string of the molecule is CN(C)[C@@H]1C(=O)C(C(N)=O)C(=O)[C@@]2(O)C(=O)C3C(=O)c4c(O)ccc(-c5ccccc5)c4[C@@H](O)[C@H]3C[C@@H]12. The highest BCUT2D eigenvalue weighted by molar-refractivity contribution is 6.32. The van der Waals surface area contributed by atoms with Crippen LogP contribution < -0.4 is 5.73 Å². The number of aromatic hydroxyl groups is 1. The highest BCUT2D eigenvalue weighted by atomic mass is 16.3. The van der Waals surface area contributed by atoms with Gasteiger partial charge in [-0.25, -0.2) is 0 Å². The molecule has 37 heavy (non-hydrogen) atoms. The highest BCUT2D eigenvalue weighted by Gasteiger charge is 2.70. The third kappa shape index (κ3) is 3.26. The van der Waals surface area contributed by atoms with Crippen molar-refractivity contribution in [3.63, 3.8) is 0 Å². The Kier molecular flexibility index (Phi) is 5.67. The van der Waals surface area contributed by atoms with Gasteiger partial charge in [0.1, 0.15) is 5.75 Å². The molecule has 3 aliphatic carbocycles. The number of likely N-dealkylation sites (N-methyl/N-ethyl adjacent to an activating group) is 1. The van der Waals surface area contributed by atoms with Gasteiger partial charge in [-0.3, -0.25) is 28.9 Å².